The number of rotatable bonds is 14. The summed E-state index contributed by atoms with van der Waals surface area (Å²) in [6.45, 7) is 0.711. The van der Waals surface area contributed by atoms with Crippen LogP contribution in [0.3, 0.4) is 0 Å². The van der Waals surface area contributed by atoms with Gasteiger partial charge in [0.15, 0.2) is 11.6 Å². The third-order valence-corrected chi connectivity index (χ3v) is 8.22. The Morgan fingerprint density at radius 2 is 1.76 bits per heavy atom. The third kappa shape index (κ3) is 7.32. The number of halogens is 1. The van der Waals surface area contributed by atoms with Crippen LogP contribution in [0.5, 0.6) is 11.5 Å². The Bertz CT molecular complexity index is 1740. The van der Waals surface area contributed by atoms with E-state index in [4.69, 9.17) is 24.3 Å². The molecule has 0 fully saturated rings. The Balaban J connectivity index is 1.57. The monoisotopic (exact) mass is 684 g/mol. The van der Waals surface area contributed by atoms with Crippen LogP contribution in [0, 0.1) is 0 Å². The molecule has 12 heteroatoms. The van der Waals surface area contributed by atoms with E-state index in [0.29, 0.717) is 46.9 Å². The number of amides is 1. The van der Waals surface area contributed by atoms with Crippen LogP contribution in [0.4, 0.5) is 5.69 Å². The van der Waals surface area contributed by atoms with Crippen LogP contribution in [-0.4, -0.2) is 42.8 Å². The number of hydrazine groups is 1. The van der Waals surface area contributed by atoms with E-state index in [-0.39, 0.29) is 25.5 Å². The second-order valence-electron chi connectivity index (χ2n) is 10.4. The van der Waals surface area contributed by atoms with Gasteiger partial charge in [0.25, 0.3) is 5.91 Å². The van der Waals surface area contributed by atoms with Crippen molar-refractivity contribution in [1.29, 1.82) is 0 Å². The third-order valence-electron chi connectivity index (χ3n) is 7.49. The van der Waals surface area contributed by atoms with Crippen molar-refractivity contribution in [1.82, 2.24) is 10.9 Å². The maximum Gasteiger partial charge on any atom is 0.266 e. The Morgan fingerprint density at radius 3 is 2.50 bits per heavy atom. The molecule has 1 aliphatic heterocycles. The van der Waals surface area contributed by atoms with Gasteiger partial charge in [-0.1, -0.05) is 81.7 Å². The number of azide groups is 1. The van der Waals surface area contributed by atoms with Crippen molar-refractivity contribution in [2.75, 3.05) is 20.3 Å². The first kappa shape index (κ1) is 32.5. The van der Waals surface area contributed by atoms with E-state index in [9.17, 15) is 10.3 Å². The largest absolute Gasteiger partial charge is 0.496 e. The van der Waals surface area contributed by atoms with Gasteiger partial charge in [-0.05, 0) is 47.5 Å². The van der Waals surface area contributed by atoms with E-state index < -0.39 is 17.6 Å². The predicted octanol–water partition coefficient (Wildman–Crippen LogP) is 6.48. The van der Waals surface area contributed by atoms with Gasteiger partial charge in [0.05, 0.1) is 13.7 Å². The number of hydrogen-bond donors (Lipinski definition) is 3. The number of carbonyl (C=O) groups is 1. The molecule has 0 saturated heterocycles. The van der Waals surface area contributed by atoms with Crippen molar-refractivity contribution >= 4 is 33.4 Å². The van der Waals surface area contributed by atoms with Crippen LogP contribution in [0.1, 0.15) is 34.8 Å². The summed E-state index contributed by atoms with van der Waals surface area (Å²) in [6, 6.07) is 29.3. The van der Waals surface area contributed by atoms with Crippen molar-refractivity contribution in [2.24, 2.45) is 10.1 Å². The minimum atomic E-state index is -1.54. The number of nitrogens with zero attached hydrogens (tertiary/aromatic N) is 4. The highest BCUT2D eigenvalue weighted by Gasteiger charge is 2.54. The van der Waals surface area contributed by atoms with Crippen LogP contribution >= 0.6 is 15.9 Å². The van der Waals surface area contributed by atoms with Crippen LogP contribution in [-0.2, 0) is 22.5 Å². The maximum atomic E-state index is 14.5. The van der Waals surface area contributed by atoms with Gasteiger partial charge in [-0.3, -0.25) is 10.2 Å². The highest BCUT2D eigenvalue weighted by Crippen LogP contribution is 2.45. The molecule has 46 heavy (non-hydrogen) atoms. The lowest BCUT2D eigenvalue weighted by Gasteiger charge is -2.31. The first-order valence-corrected chi connectivity index (χ1v) is 15.4. The minimum Gasteiger partial charge on any atom is -0.496 e. The van der Waals surface area contributed by atoms with E-state index >= 15 is 0 Å². The van der Waals surface area contributed by atoms with Crippen molar-refractivity contribution in [2.45, 2.75) is 31.0 Å². The van der Waals surface area contributed by atoms with Gasteiger partial charge in [-0.15, -0.1) is 0 Å². The summed E-state index contributed by atoms with van der Waals surface area (Å²) in [4.78, 5) is 22.5. The molecule has 0 saturated carbocycles. The summed E-state index contributed by atoms with van der Waals surface area (Å²) >= 11 is 3.65. The summed E-state index contributed by atoms with van der Waals surface area (Å²) in [5.41, 5.74) is 16.9. The summed E-state index contributed by atoms with van der Waals surface area (Å²) in [5, 5.41) is 13.0. The zero-order valence-corrected chi connectivity index (χ0v) is 26.7. The molecule has 2 atom stereocenters. The molecule has 0 aromatic heterocycles. The molecule has 0 spiro atoms. The number of carbonyl (C=O) groups excluding carboxylic acids is 1. The van der Waals surface area contributed by atoms with Gasteiger partial charge in [-0.2, -0.15) is 0 Å². The fraction of sp³-hybridized carbons (Fsp3) is 0.235. The molecule has 1 aliphatic rings. The second kappa shape index (κ2) is 15.4. The summed E-state index contributed by atoms with van der Waals surface area (Å²) in [6.07, 6.45) is -0.293. The molecule has 3 N–H and O–H groups in total. The first-order valence-electron chi connectivity index (χ1n) is 14.6. The van der Waals surface area contributed by atoms with Crippen LogP contribution in [0.15, 0.2) is 112 Å². The van der Waals surface area contributed by atoms with Gasteiger partial charge in [0.1, 0.15) is 11.5 Å². The van der Waals surface area contributed by atoms with Crippen LogP contribution in [0.2, 0.25) is 0 Å². The van der Waals surface area contributed by atoms with E-state index in [1.165, 1.54) is 0 Å². The van der Waals surface area contributed by atoms with Crippen molar-refractivity contribution in [3.8, 4) is 11.5 Å². The lowest BCUT2D eigenvalue weighted by molar-refractivity contribution is -0.130. The molecular formula is C34H33BrN6O5. The maximum absolute atomic E-state index is 14.5. The van der Waals surface area contributed by atoms with Crippen molar-refractivity contribution in [3.63, 3.8) is 0 Å². The molecule has 0 aliphatic carbocycles. The summed E-state index contributed by atoms with van der Waals surface area (Å²) in [7, 11) is 1.59. The summed E-state index contributed by atoms with van der Waals surface area (Å²) in [5.74, 6) is 1.13. The number of aliphatic hydroxyl groups excluding tert-OH is 1. The lowest BCUT2D eigenvalue weighted by atomic mass is 9.81. The zero-order valence-electron chi connectivity index (χ0n) is 25.1. The quantitative estimate of drug-likeness (QED) is 0.0455. The fourth-order valence-electron chi connectivity index (χ4n) is 5.22. The lowest BCUT2D eigenvalue weighted by Crippen LogP contribution is -2.53. The molecule has 236 valence electrons. The molecule has 4 aromatic carbocycles. The molecule has 11 nitrogen and oxygen atoms in total. The molecule has 0 radical (unpaired) electrons. The molecule has 0 bridgehead atoms. The van der Waals surface area contributed by atoms with Gasteiger partial charge in [0.2, 0.25) is 5.90 Å². The Morgan fingerprint density at radius 1 is 1.04 bits per heavy atom. The Hall–Kier alpha value is -4.87. The number of benzene rings is 4. The van der Waals surface area contributed by atoms with Crippen molar-refractivity contribution in [3.05, 3.63) is 134 Å². The van der Waals surface area contributed by atoms with E-state index in [2.05, 4.69) is 36.8 Å². The number of nitrogens with one attached hydrogen (secondary N) is 2. The Kier molecular flexibility index (Phi) is 10.9. The highest BCUT2D eigenvalue weighted by atomic mass is 79.9. The number of aliphatic imine (C=N–C) groups is 1. The van der Waals surface area contributed by atoms with E-state index in [1.54, 1.807) is 31.4 Å². The highest BCUT2D eigenvalue weighted by molar-refractivity contribution is 9.10. The number of ether oxygens (including phenoxy) is 3. The smallest absolute Gasteiger partial charge is 0.266 e. The van der Waals surface area contributed by atoms with Gasteiger partial charge < -0.3 is 19.3 Å². The van der Waals surface area contributed by atoms with Crippen LogP contribution < -0.4 is 20.3 Å². The van der Waals surface area contributed by atoms with Crippen molar-refractivity contribution < 1.29 is 24.1 Å². The number of methoxy groups -OCH3 is 1. The van der Waals surface area contributed by atoms with Gasteiger partial charge in [0, 0.05) is 57.8 Å². The average molecular weight is 686 g/mol. The standard InChI is InChI=1S/C34H33BrN6O5/c1-44-30-14-7-3-10-25(30)22-37-40-33(43)34(21-24-9-2-6-13-29(24)39-41-36)31(27-11-4-5-12-28(27)35)46-32(38-34)23-15-17-26(18-16-23)45-20-8-19-42/h2-7,9-18,31,37,42H,8,19-22H2,1H3,(H,40,43)/t31-,34-/m0/s1. The van der Waals surface area contributed by atoms with Gasteiger partial charge >= 0.3 is 0 Å². The summed E-state index contributed by atoms with van der Waals surface area (Å²) < 4.78 is 18.5. The second-order valence-corrected chi connectivity index (χ2v) is 11.3. The normalized spacial score (nSPS) is 16.9. The predicted molar refractivity (Wildman–Crippen MR) is 178 cm³/mol. The van der Waals surface area contributed by atoms with Gasteiger partial charge in [-0.25, -0.2) is 10.4 Å². The molecule has 1 amide bonds. The topological polar surface area (TPSA) is 150 Å². The zero-order chi connectivity index (χ0) is 32.4. The number of aliphatic hydroxyl groups is 1. The molecule has 0 unspecified atom stereocenters. The molecule has 5 rings (SSSR count). The van der Waals surface area contributed by atoms with E-state index in [0.717, 1.165) is 10.0 Å². The SMILES string of the molecule is COc1ccccc1CNNC(=O)[C@@]1(Cc2ccccc2N=[N+]=[N-])N=C(c2ccc(OCCCO)cc2)O[C@H]1c1ccccc1Br. The molecule has 4 aromatic rings. The number of para-hydroxylation sites is 1. The average Bonchev–Trinajstić information content (AvgIpc) is 3.46. The van der Waals surface area contributed by atoms with E-state index in [1.807, 2.05) is 72.8 Å². The van der Waals surface area contributed by atoms with Crippen LogP contribution in [0.25, 0.3) is 10.4 Å². The molecule has 1 heterocycles. The molecular weight excluding hydrogens is 652 g/mol. The number of hydrogen-bond acceptors (Lipinski definition) is 8. The minimum absolute atomic E-state index is 0.0415. The first-order chi connectivity index (χ1) is 22.5. The Labute approximate surface area is 275 Å². The fourth-order valence-corrected chi connectivity index (χ4v) is 5.71.